The third kappa shape index (κ3) is 5.31. The zero-order valence-corrected chi connectivity index (χ0v) is 21.7. The van der Waals surface area contributed by atoms with Crippen molar-refractivity contribution in [3.8, 4) is 28.6 Å². The van der Waals surface area contributed by atoms with Gasteiger partial charge >= 0.3 is 0 Å². The van der Waals surface area contributed by atoms with E-state index >= 15 is 0 Å². The summed E-state index contributed by atoms with van der Waals surface area (Å²) in [4.78, 5) is 27.4. The molecule has 8 nitrogen and oxygen atoms in total. The van der Waals surface area contributed by atoms with Gasteiger partial charge < -0.3 is 24.0 Å². The van der Waals surface area contributed by atoms with E-state index < -0.39 is 0 Å². The lowest BCUT2D eigenvalue weighted by atomic mass is 9.94. The van der Waals surface area contributed by atoms with E-state index in [-0.39, 0.29) is 11.9 Å². The van der Waals surface area contributed by atoms with Gasteiger partial charge in [-0.2, -0.15) is 0 Å². The maximum Gasteiger partial charge on any atom is 0.259 e. The Bertz CT molecular complexity index is 1000. The Hall–Kier alpha value is -3.03. The molecule has 0 bridgehead atoms. The van der Waals surface area contributed by atoms with Crippen molar-refractivity contribution in [1.82, 2.24) is 14.9 Å². The minimum Gasteiger partial charge on any atom is -0.493 e. The topological polar surface area (TPSA) is 77.0 Å². The van der Waals surface area contributed by atoms with Crippen molar-refractivity contribution < 1.29 is 19.0 Å². The quantitative estimate of drug-likeness (QED) is 0.560. The largest absolute Gasteiger partial charge is 0.493 e. The summed E-state index contributed by atoms with van der Waals surface area (Å²) in [5.41, 5.74) is 1.31. The Morgan fingerprint density at radius 3 is 2.17 bits per heavy atom. The number of benzene rings is 1. The van der Waals surface area contributed by atoms with Crippen molar-refractivity contribution in [1.29, 1.82) is 0 Å². The highest BCUT2D eigenvalue weighted by atomic mass is 16.5. The first-order valence-electron chi connectivity index (χ1n) is 12.7. The molecule has 2 heterocycles. The highest BCUT2D eigenvalue weighted by molar-refractivity contribution is 5.99. The number of amides is 1. The van der Waals surface area contributed by atoms with Gasteiger partial charge in [-0.1, -0.05) is 26.2 Å². The number of hydrogen-bond acceptors (Lipinski definition) is 7. The van der Waals surface area contributed by atoms with E-state index in [9.17, 15) is 4.79 Å². The first kappa shape index (κ1) is 25.1. The van der Waals surface area contributed by atoms with E-state index in [1.807, 2.05) is 24.1 Å². The van der Waals surface area contributed by atoms with Crippen LogP contribution >= 0.6 is 0 Å². The molecule has 4 rings (SSSR count). The van der Waals surface area contributed by atoms with Crippen LogP contribution < -0.4 is 19.1 Å². The predicted octanol–water partition coefficient (Wildman–Crippen LogP) is 4.81. The van der Waals surface area contributed by atoms with Crippen LogP contribution in [0, 0.1) is 5.92 Å². The summed E-state index contributed by atoms with van der Waals surface area (Å²) in [6.07, 6.45) is 9.58. The van der Waals surface area contributed by atoms with E-state index in [0.29, 0.717) is 40.4 Å². The average molecular weight is 483 g/mol. The maximum atomic E-state index is 13.7. The molecule has 190 valence electrons. The Balaban J connectivity index is 1.74. The van der Waals surface area contributed by atoms with E-state index in [0.717, 1.165) is 44.3 Å². The van der Waals surface area contributed by atoms with Gasteiger partial charge in [0.25, 0.3) is 5.91 Å². The Kier molecular flexibility index (Phi) is 7.98. The van der Waals surface area contributed by atoms with Crippen LogP contribution in [0.2, 0.25) is 0 Å². The smallest absolute Gasteiger partial charge is 0.259 e. The van der Waals surface area contributed by atoms with Crippen molar-refractivity contribution in [3.05, 3.63) is 23.9 Å². The zero-order valence-electron chi connectivity index (χ0n) is 21.7. The van der Waals surface area contributed by atoms with Crippen LogP contribution in [0.3, 0.4) is 0 Å². The van der Waals surface area contributed by atoms with Gasteiger partial charge in [0, 0.05) is 37.9 Å². The summed E-state index contributed by atoms with van der Waals surface area (Å²) in [5.74, 6) is 3.50. The fraction of sp³-hybridized carbons (Fsp3) is 0.593. The van der Waals surface area contributed by atoms with Crippen molar-refractivity contribution in [2.75, 3.05) is 46.4 Å². The molecule has 1 aromatic heterocycles. The molecule has 2 aliphatic rings. The third-order valence-electron chi connectivity index (χ3n) is 7.45. The molecule has 35 heavy (non-hydrogen) atoms. The second-order valence-corrected chi connectivity index (χ2v) is 9.72. The summed E-state index contributed by atoms with van der Waals surface area (Å²) < 4.78 is 16.5. The van der Waals surface area contributed by atoms with Gasteiger partial charge in [-0.05, 0) is 43.7 Å². The normalized spacial score (nSPS) is 17.2. The van der Waals surface area contributed by atoms with Crippen LogP contribution in [-0.2, 0) is 0 Å². The van der Waals surface area contributed by atoms with E-state index in [4.69, 9.17) is 19.2 Å². The highest BCUT2D eigenvalue weighted by Gasteiger charge is 2.29. The second kappa shape index (κ2) is 11.1. The molecule has 0 radical (unpaired) electrons. The lowest BCUT2D eigenvalue weighted by molar-refractivity contribution is 0.0696. The fourth-order valence-electron chi connectivity index (χ4n) is 5.16. The molecule has 1 amide bonds. The predicted molar refractivity (Wildman–Crippen MR) is 137 cm³/mol. The number of aromatic nitrogens is 2. The van der Waals surface area contributed by atoms with E-state index in [2.05, 4.69) is 16.8 Å². The number of piperidine rings is 1. The summed E-state index contributed by atoms with van der Waals surface area (Å²) in [6, 6.07) is 3.96. The number of carbonyl (C=O) groups is 1. The van der Waals surface area contributed by atoms with Crippen molar-refractivity contribution >= 4 is 11.7 Å². The molecule has 1 saturated heterocycles. The van der Waals surface area contributed by atoms with Crippen LogP contribution in [0.15, 0.2) is 18.3 Å². The van der Waals surface area contributed by atoms with Gasteiger partial charge in [-0.25, -0.2) is 9.97 Å². The number of ether oxygens (including phenoxy) is 3. The van der Waals surface area contributed by atoms with Crippen molar-refractivity contribution in [3.63, 3.8) is 0 Å². The molecule has 0 unspecified atom stereocenters. The van der Waals surface area contributed by atoms with Crippen LogP contribution in [0.4, 0.5) is 5.82 Å². The minimum absolute atomic E-state index is 0.00182. The summed E-state index contributed by atoms with van der Waals surface area (Å²) in [6.45, 7) is 4.03. The van der Waals surface area contributed by atoms with Crippen LogP contribution in [0.5, 0.6) is 17.2 Å². The molecule has 8 heteroatoms. The zero-order chi connectivity index (χ0) is 24.9. The van der Waals surface area contributed by atoms with Gasteiger partial charge in [-0.15, -0.1) is 0 Å². The molecule has 1 aromatic carbocycles. The van der Waals surface area contributed by atoms with E-state index in [1.165, 1.54) is 19.3 Å². The average Bonchev–Trinajstić information content (AvgIpc) is 2.91. The molecule has 2 fully saturated rings. The number of nitrogens with zero attached hydrogens (tertiary/aromatic N) is 4. The molecular weight excluding hydrogens is 444 g/mol. The monoisotopic (exact) mass is 482 g/mol. The molecule has 0 N–H and O–H groups in total. The first-order valence-corrected chi connectivity index (χ1v) is 12.7. The standard InChI is InChI=1S/C27H38N4O4/c1-18-11-13-31(14-12-18)26-21(27(32)30(2)20-9-7-6-8-10-20)17-28-25(29-26)19-15-22(33-3)24(35-5)23(16-19)34-4/h15-18,20H,6-14H2,1-5H3. The number of methoxy groups -OCH3 is 3. The second-order valence-electron chi connectivity index (χ2n) is 9.72. The molecule has 0 spiro atoms. The summed E-state index contributed by atoms with van der Waals surface area (Å²) >= 11 is 0. The Labute approximate surface area is 208 Å². The van der Waals surface area contributed by atoms with Gasteiger partial charge in [0.1, 0.15) is 11.4 Å². The number of rotatable bonds is 7. The molecular formula is C27H38N4O4. The third-order valence-corrected chi connectivity index (χ3v) is 7.45. The number of hydrogen-bond donors (Lipinski definition) is 0. The summed E-state index contributed by atoms with van der Waals surface area (Å²) in [5, 5.41) is 0. The van der Waals surface area contributed by atoms with Gasteiger partial charge in [0.05, 0.1) is 21.3 Å². The molecule has 1 aliphatic carbocycles. The van der Waals surface area contributed by atoms with Crippen molar-refractivity contribution in [2.24, 2.45) is 5.92 Å². The number of anilines is 1. The molecule has 1 aliphatic heterocycles. The summed E-state index contributed by atoms with van der Waals surface area (Å²) in [7, 11) is 6.68. The van der Waals surface area contributed by atoms with E-state index in [1.54, 1.807) is 27.5 Å². The lowest BCUT2D eigenvalue weighted by Crippen LogP contribution is -2.40. The van der Waals surface area contributed by atoms with Gasteiger partial charge in [0.2, 0.25) is 5.75 Å². The highest BCUT2D eigenvalue weighted by Crippen LogP contribution is 2.41. The van der Waals surface area contributed by atoms with Gasteiger partial charge in [-0.3, -0.25) is 4.79 Å². The van der Waals surface area contributed by atoms with Crippen LogP contribution in [-0.4, -0.2) is 68.3 Å². The maximum absolute atomic E-state index is 13.7. The van der Waals surface area contributed by atoms with Gasteiger partial charge in [0.15, 0.2) is 17.3 Å². The molecule has 1 saturated carbocycles. The van der Waals surface area contributed by atoms with Crippen LogP contribution in [0.25, 0.3) is 11.4 Å². The lowest BCUT2D eigenvalue weighted by Gasteiger charge is -2.34. The SMILES string of the molecule is COc1cc(-c2ncc(C(=O)N(C)C3CCCCC3)c(N3CCC(C)CC3)n2)cc(OC)c1OC. The fourth-order valence-corrected chi connectivity index (χ4v) is 5.16. The Morgan fingerprint density at radius 1 is 0.971 bits per heavy atom. The number of carbonyl (C=O) groups excluding carboxylic acids is 1. The van der Waals surface area contributed by atoms with Crippen LogP contribution in [0.1, 0.15) is 62.2 Å². The Morgan fingerprint density at radius 2 is 1.60 bits per heavy atom. The van der Waals surface area contributed by atoms with Crippen molar-refractivity contribution in [2.45, 2.75) is 57.9 Å². The minimum atomic E-state index is 0.00182. The molecule has 0 atom stereocenters. The molecule has 2 aromatic rings. The first-order chi connectivity index (χ1) is 17.0.